The lowest BCUT2D eigenvalue weighted by Crippen LogP contribution is -2.47. The van der Waals surface area contributed by atoms with E-state index in [1.807, 2.05) is 18.5 Å². The molecule has 0 amide bonds. The number of hydrogen-bond acceptors (Lipinski definition) is 4. The fourth-order valence-electron chi connectivity index (χ4n) is 3.47. The molecule has 0 unspecified atom stereocenters. The average Bonchev–Trinajstić information content (AvgIpc) is 2.89. The molecule has 2 saturated heterocycles. The minimum atomic E-state index is -0.00286. The van der Waals surface area contributed by atoms with Crippen molar-refractivity contribution in [3.63, 3.8) is 0 Å². The van der Waals surface area contributed by atoms with Gasteiger partial charge in [-0.3, -0.25) is 9.88 Å². The van der Waals surface area contributed by atoms with Crippen LogP contribution >= 0.6 is 0 Å². The first-order valence-electron chi connectivity index (χ1n) is 7.77. The van der Waals surface area contributed by atoms with Crippen LogP contribution in [0.5, 0.6) is 0 Å². The lowest BCUT2D eigenvalue weighted by atomic mass is 9.89. The second-order valence-corrected chi connectivity index (χ2v) is 6.11. The van der Waals surface area contributed by atoms with E-state index in [2.05, 4.69) is 28.6 Å². The third-order valence-electron chi connectivity index (χ3n) is 4.40. The fraction of sp³-hybridized carbons (Fsp3) is 0.588. The molecular weight excluding hydrogens is 264 g/mol. The molecule has 0 bridgehead atoms. The highest BCUT2D eigenvalue weighted by molar-refractivity contribution is 5.10. The van der Waals surface area contributed by atoms with Gasteiger partial charge < -0.3 is 9.47 Å². The number of rotatable bonds is 5. The quantitative estimate of drug-likeness (QED) is 0.779. The SMILES string of the molecule is C=CCO[C@@H]1CO[C@@]2(CCCN(Cc3ccncc3)C2)C1. The zero-order valence-corrected chi connectivity index (χ0v) is 12.5. The van der Waals surface area contributed by atoms with Crippen LogP contribution in [0.4, 0.5) is 0 Å². The molecule has 2 atom stereocenters. The maximum atomic E-state index is 6.15. The van der Waals surface area contributed by atoms with Gasteiger partial charge in [-0.1, -0.05) is 6.08 Å². The summed E-state index contributed by atoms with van der Waals surface area (Å²) in [7, 11) is 0. The van der Waals surface area contributed by atoms with Crippen LogP contribution in [0.25, 0.3) is 0 Å². The van der Waals surface area contributed by atoms with Crippen LogP contribution in [0.1, 0.15) is 24.8 Å². The minimum Gasteiger partial charge on any atom is -0.372 e. The Balaban J connectivity index is 1.57. The highest BCUT2D eigenvalue weighted by Gasteiger charge is 2.43. The first-order chi connectivity index (χ1) is 10.3. The van der Waals surface area contributed by atoms with Crippen LogP contribution < -0.4 is 0 Å². The summed E-state index contributed by atoms with van der Waals surface area (Å²) in [4.78, 5) is 6.57. The van der Waals surface area contributed by atoms with Gasteiger partial charge in [0.15, 0.2) is 0 Å². The molecule has 0 aliphatic carbocycles. The Morgan fingerprint density at radius 1 is 1.48 bits per heavy atom. The predicted molar refractivity (Wildman–Crippen MR) is 82.0 cm³/mol. The third-order valence-corrected chi connectivity index (χ3v) is 4.40. The number of aromatic nitrogens is 1. The van der Waals surface area contributed by atoms with Crippen molar-refractivity contribution in [2.75, 3.05) is 26.3 Å². The Morgan fingerprint density at radius 2 is 2.33 bits per heavy atom. The van der Waals surface area contributed by atoms with Crippen LogP contribution in [0.2, 0.25) is 0 Å². The van der Waals surface area contributed by atoms with Gasteiger partial charge in [-0.15, -0.1) is 6.58 Å². The topological polar surface area (TPSA) is 34.6 Å². The largest absolute Gasteiger partial charge is 0.372 e. The summed E-state index contributed by atoms with van der Waals surface area (Å²) in [6.07, 6.45) is 9.10. The first kappa shape index (κ1) is 14.7. The summed E-state index contributed by atoms with van der Waals surface area (Å²) in [6.45, 7) is 8.17. The summed E-state index contributed by atoms with van der Waals surface area (Å²) in [5.74, 6) is 0. The molecule has 3 heterocycles. The van der Waals surface area contributed by atoms with Gasteiger partial charge in [-0.2, -0.15) is 0 Å². The van der Waals surface area contributed by atoms with Gasteiger partial charge in [0, 0.05) is 31.9 Å². The Morgan fingerprint density at radius 3 is 3.14 bits per heavy atom. The van der Waals surface area contributed by atoms with Gasteiger partial charge in [0.05, 0.1) is 24.9 Å². The highest BCUT2D eigenvalue weighted by Crippen LogP contribution is 2.36. The number of ether oxygens (including phenoxy) is 2. The van der Waals surface area contributed by atoms with Gasteiger partial charge in [0.1, 0.15) is 0 Å². The molecule has 21 heavy (non-hydrogen) atoms. The molecule has 0 radical (unpaired) electrons. The van der Waals surface area contributed by atoms with Crippen LogP contribution in [-0.4, -0.2) is 47.9 Å². The normalized spacial score (nSPS) is 29.8. The zero-order valence-electron chi connectivity index (χ0n) is 12.5. The Bertz CT molecular complexity index is 465. The van der Waals surface area contributed by atoms with Crippen LogP contribution in [0.3, 0.4) is 0 Å². The lowest BCUT2D eigenvalue weighted by Gasteiger charge is -2.39. The van der Waals surface area contributed by atoms with E-state index in [9.17, 15) is 0 Å². The van der Waals surface area contributed by atoms with Crippen molar-refractivity contribution in [1.29, 1.82) is 0 Å². The van der Waals surface area contributed by atoms with Crippen molar-refractivity contribution >= 4 is 0 Å². The second-order valence-electron chi connectivity index (χ2n) is 6.11. The smallest absolute Gasteiger partial charge is 0.0841 e. The van der Waals surface area contributed by atoms with Gasteiger partial charge in [-0.05, 0) is 37.1 Å². The van der Waals surface area contributed by atoms with E-state index < -0.39 is 0 Å². The summed E-state index contributed by atoms with van der Waals surface area (Å²) < 4.78 is 11.9. The Kier molecular flexibility index (Phi) is 4.68. The van der Waals surface area contributed by atoms with Gasteiger partial charge >= 0.3 is 0 Å². The van der Waals surface area contributed by atoms with Gasteiger partial charge in [-0.25, -0.2) is 0 Å². The van der Waals surface area contributed by atoms with E-state index in [0.29, 0.717) is 6.61 Å². The molecule has 1 aromatic rings. The van der Waals surface area contributed by atoms with E-state index in [0.717, 1.165) is 39.1 Å². The molecular formula is C17H24N2O2. The average molecular weight is 288 g/mol. The molecule has 4 heteroatoms. The van der Waals surface area contributed by atoms with E-state index in [1.165, 1.54) is 12.0 Å². The molecule has 1 aromatic heterocycles. The van der Waals surface area contributed by atoms with Crippen molar-refractivity contribution in [2.45, 2.75) is 37.5 Å². The molecule has 2 fully saturated rings. The molecule has 2 aliphatic heterocycles. The fourth-order valence-corrected chi connectivity index (χ4v) is 3.47. The maximum absolute atomic E-state index is 6.15. The van der Waals surface area contributed by atoms with Crippen LogP contribution in [-0.2, 0) is 16.0 Å². The summed E-state index contributed by atoms with van der Waals surface area (Å²) in [5.41, 5.74) is 1.32. The molecule has 4 nitrogen and oxygen atoms in total. The molecule has 1 spiro atoms. The van der Waals surface area contributed by atoms with Gasteiger partial charge in [0.25, 0.3) is 0 Å². The Labute approximate surface area is 126 Å². The molecule has 0 N–H and O–H groups in total. The van der Waals surface area contributed by atoms with Crippen molar-refractivity contribution < 1.29 is 9.47 Å². The number of piperidine rings is 1. The lowest BCUT2D eigenvalue weighted by molar-refractivity contribution is -0.0544. The van der Waals surface area contributed by atoms with Gasteiger partial charge in [0.2, 0.25) is 0 Å². The molecule has 114 valence electrons. The van der Waals surface area contributed by atoms with E-state index in [1.54, 1.807) is 0 Å². The predicted octanol–water partition coefficient (Wildman–Crippen LogP) is 2.41. The van der Waals surface area contributed by atoms with Crippen molar-refractivity contribution in [2.24, 2.45) is 0 Å². The van der Waals surface area contributed by atoms with E-state index >= 15 is 0 Å². The maximum Gasteiger partial charge on any atom is 0.0841 e. The highest BCUT2D eigenvalue weighted by atomic mass is 16.6. The van der Waals surface area contributed by atoms with Crippen molar-refractivity contribution in [3.8, 4) is 0 Å². The molecule has 0 aromatic carbocycles. The van der Waals surface area contributed by atoms with Crippen molar-refractivity contribution in [3.05, 3.63) is 42.7 Å². The van der Waals surface area contributed by atoms with Crippen molar-refractivity contribution in [1.82, 2.24) is 9.88 Å². The van der Waals surface area contributed by atoms with Crippen LogP contribution in [0.15, 0.2) is 37.2 Å². The Hall–Kier alpha value is -1.23. The summed E-state index contributed by atoms with van der Waals surface area (Å²) in [5, 5.41) is 0. The number of nitrogens with zero attached hydrogens (tertiary/aromatic N) is 2. The molecule has 0 saturated carbocycles. The molecule has 3 rings (SSSR count). The zero-order chi connectivity index (χ0) is 14.5. The molecule has 2 aliphatic rings. The van der Waals surface area contributed by atoms with Crippen LogP contribution in [0, 0.1) is 0 Å². The number of likely N-dealkylation sites (tertiary alicyclic amines) is 1. The van der Waals surface area contributed by atoms with E-state index in [-0.39, 0.29) is 11.7 Å². The number of pyridine rings is 1. The first-order valence-corrected chi connectivity index (χ1v) is 7.77. The van der Waals surface area contributed by atoms with E-state index in [4.69, 9.17) is 9.47 Å². The standard InChI is InChI=1S/C17H24N2O2/c1-2-10-20-16-11-17(21-13-16)6-3-9-19(14-17)12-15-4-7-18-8-5-15/h2,4-5,7-8,16H,1,3,6,9-14H2/t16-,17-/m0/s1. The second kappa shape index (κ2) is 6.69. The summed E-state index contributed by atoms with van der Waals surface area (Å²) in [6, 6.07) is 4.18. The monoisotopic (exact) mass is 288 g/mol. The third kappa shape index (κ3) is 3.70. The number of hydrogen-bond donors (Lipinski definition) is 0. The summed E-state index contributed by atoms with van der Waals surface area (Å²) >= 11 is 0. The minimum absolute atomic E-state index is 0.00286.